The summed E-state index contributed by atoms with van der Waals surface area (Å²) in [4.78, 5) is 13.3. The number of rotatable bonds is 10. The molecule has 45 heavy (non-hydrogen) atoms. The van der Waals surface area contributed by atoms with Crippen LogP contribution in [0.4, 0.5) is 23.8 Å². The number of halogens is 6. The van der Waals surface area contributed by atoms with Gasteiger partial charge >= 0.3 is 30.6 Å². The van der Waals surface area contributed by atoms with Crippen molar-refractivity contribution in [2.45, 2.75) is 57.5 Å². The van der Waals surface area contributed by atoms with Gasteiger partial charge in [0.05, 0.1) is 5.41 Å². The largest absolute Gasteiger partial charge is 0.459 e. The Hall–Kier alpha value is -2.68. The first-order valence-corrected chi connectivity index (χ1v) is 19.3. The maximum absolute atomic E-state index is 16.5. The average molecular weight is 695 g/mol. The third-order valence-corrected chi connectivity index (χ3v) is 17.2. The molecule has 0 spiro atoms. The average Bonchev–Trinajstić information content (AvgIpc) is 2.97. The molecule has 14 heteroatoms. The van der Waals surface area contributed by atoms with Crippen LogP contribution in [0.1, 0.15) is 38.5 Å². The Morgan fingerprint density at radius 3 is 1.40 bits per heavy atom. The second-order valence-electron chi connectivity index (χ2n) is 12.4. The summed E-state index contributed by atoms with van der Waals surface area (Å²) in [6, 6.07) is 21.6. The van der Waals surface area contributed by atoms with Crippen LogP contribution in [0.2, 0.25) is 0 Å². The fourth-order valence-corrected chi connectivity index (χ4v) is 14.7. The molecule has 1 unspecified atom stereocenters. The fraction of sp³-hybridized carbons (Fsp3) is 0.387. The van der Waals surface area contributed by atoms with Crippen molar-refractivity contribution in [2.75, 3.05) is 6.61 Å². The number of esters is 1. The number of carbonyl (C=O) groups is 1. The summed E-state index contributed by atoms with van der Waals surface area (Å²) in [6.45, 7) is -2.79. The van der Waals surface area contributed by atoms with Crippen LogP contribution in [0.5, 0.6) is 0 Å². The summed E-state index contributed by atoms with van der Waals surface area (Å²) in [5, 5.41) is 0. The molecule has 3 aromatic rings. The maximum Gasteiger partial charge on any atom is 0.402 e. The summed E-state index contributed by atoms with van der Waals surface area (Å²) in [7, 11) is -22.5. The van der Waals surface area contributed by atoms with Crippen molar-refractivity contribution in [3.8, 4) is 0 Å². The molecule has 0 N–H and O–H groups in total. The minimum absolute atomic E-state index is 0.000967. The lowest BCUT2D eigenvalue weighted by molar-refractivity contribution is -0.173. The fourth-order valence-electron chi connectivity index (χ4n) is 7.59. The molecule has 7 rings (SSSR count). The minimum atomic E-state index is -11.7. The van der Waals surface area contributed by atoms with Crippen LogP contribution < -0.4 is 0 Å². The zero-order valence-corrected chi connectivity index (χ0v) is 26.3. The van der Waals surface area contributed by atoms with Crippen molar-refractivity contribution in [2.24, 2.45) is 23.2 Å². The van der Waals surface area contributed by atoms with E-state index in [0.29, 0.717) is 0 Å². The van der Waals surface area contributed by atoms with E-state index in [1.807, 2.05) is 0 Å². The summed E-state index contributed by atoms with van der Waals surface area (Å²) < 4.78 is 121. The predicted molar refractivity (Wildman–Crippen MR) is 160 cm³/mol. The molecule has 0 aliphatic heterocycles. The number of hydrogen-bond acceptors (Lipinski definition) is 5. The molecule has 4 bridgehead atoms. The predicted octanol–water partition coefficient (Wildman–Crippen LogP) is 9.91. The minimum Gasteiger partial charge on any atom is -0.459 e. The molecule has 1 atom stereocenters. The van der Waals surface area contributed by atoms with E-state index in [1.54, 1.807) is 18.2 Å². The highest BCUT2D eigenvalue weighted by molar-refractivity contribution is 8.51. The van der Waals surface area contributed by atoms with Gasteiger partial charge in [0.25, 0.3) is 0 Å². The number of alkyl halides is 1. The molecule has 4 aliphatic carbocycles. The first kappa shape index (κ1) is 32.3. The molecule has 0 radical (unpaired) electrons. The Morgan fingerprint density at radius 1 is 0.711 bits per heavy atom. The zero-order chi connectivity index (χ0) is 32.4. The molecule has 0 heterocycles. The van der Waals surface area contributed by atoms with Gasteiger partial charge in [0.2, 0.25) is 0 Å². The standard InChI is InChI=1S/C31H32F6O5S3/c32-31(45(33,34,35,36)37,22-41-29(38)30-19-23-16-24(20-30)18-25(17-23)21-30)44(39,40)42-43(26-10-4-1-5-11-26,27-12-6-2-7-13-27)28-14-8-3-9-15-28/h1-15,23-25H,16-22H2. The molecule has 0 saturated heterocycles. The van der Waals surface area contributed by atoms with Crippen molar-refractivity contribution in [1.82, 2.24) is 0 Å². The highest BCUT2D eigenvalue weighted by Crippen LogP contribution is 3.05. The van der Waals surface area contributed by atoms with Gasteiger partial charge in [-0.3, -0.25) is 4.79 Å². The smallest absolute Gasteiger partial charge is 0.402 e. The van der Waals surface area contributed by atoms with Crippen LogP contribution in [0.3, 0.4) is 0 Å². The summed E-state index contributed by atoms with van der Waals surface area (Å²) in [6.07, 6.45) is 3.36. The third kappa shape index (κ3) is 5.44. The van der Waals surface area contributed by atoms with Crippen LogP contribution in [-0.4, -0.2) is 25.3 Å². The highest BCUT2D eigenvalue weighted by Gasteiger charge is 2.88. The van der Waals surface area contributed by atoms with Gasteiger partial charge < -0.3 is 4.74 Å². The molecule has 4 fully saturated rings. The number of ether oxygens (including phenoxy) is 1. The molecule has 5 nitrogen and oxygen atoms in total. The summed E-state index contributed by atoms with van der Waals surface area (Å²) >= 11 is 0. The number of benzene rings is 3. The van der Waals surface area contributed by atoms with Gasteiger partial charge in [0.1, 0.15) is 0 Å². The highest BCUT2D eigenvalue weighted by atomic mass is 32.5. The van der Waals surface area contributed by atoms with Gasteiger partial charge in [0, 0.05) is 14.7 Å². The first-order chi connectivity index (χ1) is 20.9. The van der Waals surface area contributed by atoms with Crippen molar-refractivity contribution in [3.63, 3.8) is 0 Å². The van der Waals surface area contributed by atoms with Gasteiger partial charge in [-0.15, -0.1) is 0 Å². The van der Waals surface area contributed by atoms with Crippen molar-refractivity contribution in [1.29, 1.82) is 0 Å². The van der Waals surface area contributed by atoms with Gasteiger partial charge in [-0.05, 0) is 103 Å². The van der Waals surface area contributed by atoms with Crippen LogP contribution in [0.15, 0.2) is 106 Å². The molecular weight excluding hydrogens is 663 g/mol. The Morgan fingerprint density at radius 2 is 1.07 bits per heavy atom. The van der Waals surface area contributed by atoms with Crippen LogP contribution in [-0.2, 0) is 23.3 Å². The molecule has 0 aromatic heterocycles. The van der Waals surface area contributed by atoms with Crippen molar-refractivity contribution >= 4 is 36.6 Å². The Balaban J connectivity index is 1.45. The van der Waals surface area contributed by atoms with Crippen molar-refractivity contribution in [3.05, 3.63) is 91.0 Å². The van der Waals surface area contributed by atoms with Gasteiger partial charge in [0.15, 0.2) is 6.61 Å². The zero-order valence-electron chi connectivity index (χ0n) is 23.9. The lowest BCUT2D eigenvalue weighted by atomic mass is 9.49. The molecule has 3 aromatic carbocycles. The van der Waals surface area contributed by atoms with Gasteiger partial charge in [-0.2, -0.15) is 12.8 Å². The van der Waals surface area contributed by atoms with Crippen LogP contribution >= 0.6 is 20.5 Å². The van der Waals surface area contributed by atoms with Crippen molar-refractivity contribution < 1.29 is 45.4 Å². The van der Waals surface area contributed by atoms with Crippen LogP contribution in [0.25, 0.3) is 0 Å². The monoisotopic (exact) mass is 694 g/mol. The van der Waals surface area contributed by atoms with E-state index in [4.69, 9.17) is 8.37 Å². The van der Waals surface area contributed by atoms with E-state index in [1.165, 1.54) is 72.8 Å². The van der Waals surface area contributed by atoms with E-state index in [2.05, 4.69) is 0 Å². The van der Waals surface area contributed by atoms with Gasteiger partial charge in [-0.1, -0.05) is 74.0 Å². The third-order valence-electron chi connectivity index (χ3n) is 9.21. The lowest BCUT2D eigenvalue weighted by Gasteiger charge is -2.55. The Bertz CT molecular complexity index is 1560. The normalized spacial score (nSPS) is 28.0. The summed E-state index contributed by atoms with van der Waals surface area (Å²) in [5.74, 6) is -0.927. The molecule has 4 saturated carbocycles. The SMILES string of the molecule is O=C(OCC(F)(S(=O)(=O)OS(c1ccccc1)(c1ccccc1)c1ccccc1)S(F)(F)(F)(F)F)C12CC3CC(CC(C3)C1)C2. The first-order valence-electron chi connectivity index (χ1n) is 14.4. The topological polar surface area (TPSA) is 69.7 Å². The lowest BCUT2D eigenvalue weighted by Crippen LogP contribution is -2.53. The van der Waals surface area contributed by atoms with E-state index in [-0.39, 0.29) is 51.7 Å². The van der Waals surface area contributed by atoms with E-state index in [9.17, 15) is 32.6 Å². The second kappa shape index (κ2) is 10.2. The molecule has 4 aliphatic rings. The molecular formula is C31H32F6O5S3. The summed E-state index contributed by atoms with van der Waals surface area (Å²) in [5.41, 5.74) is -1.26. The van der Waals surface area contributed by atoms with Gasteiger partial charge in [-0.25, -0.2) is 3.63 Å². The molecule has 246 valence electrons. The second-order valence-corrected chi connectivity index (χ2v) is 19.9. The van der Waals surface area contributed by atoms with E-state index < -0.39 is 53.0 Å². The Kier molecular flexibility index (Phi) is 7.28. The van der Waals surface area contributed by atoms with E-state index >= 15 is 4.39 Å². The maximum atomic E-state index is 16.5. The van der Waals surface area contributed by atoms with E-state index in [0.717, 1.165) is 19.3 Å². The quantitative estimate of drug-likeness (QED) is 0.156. The Labute approximate surface area is 259 Å². The molecule has 0 amide bonds. The number of hydrogen-bond donors (Lipinski definition) is 0. The number of carbonyl (C=O) groups excluding carboxylic acids is 1. The van der Waals surface area contributed by atoms with Crippen LogP contribution in [0, 0.1) is 23.2 Å².